The molecule has 1 aromatic rings. The van der Waals surface area contributed by atoms with Gasteiger partial charge in [0.05, 0.1) is 12.6 Å². The van der Waals surface area contributed by atoms with Crippen molar-refractivity contribution in [2.24, 2.45) is 5.92 Å². The van der Waals surface area contributed by atoms with Crippen LogP contribution in [-0.2, 0) is 9.53 Å². The van der Waals surface area contributed by atoms with Gasteiger partial charge in [0.25, 0.3) is 5.91 Å². The highest BCUT2D eigenvalue weighted by atomic mass is 16.5. The van der Waals surface area contributed by atoms with Gasteiger partial charge in [-0.1, -0.05) is 0 Å². The van der Waals surface area contributed by atoms with E-state index in [1.807, 2.05) is 18.7 Å². The van der Waals surface area contributed by atoms with Gasteiger partial charge < -0.3 is 19.9 Å². The molecule has 0 saturated carbocycles. The highest BCUT2D eigenvalue weighted by molar-refractivity contribution is 6.01. The van der Waals surface area contributed by atoms with E-state index in [4.69, 9.17) is 4.74 Å². The van der Waals surface area contributed by atoms with Crippen LogP contribution in [0.15, 0.2) is 12.3 Å². The number of H-pyrrole nitrogens is 1. The molecule has 1 aromatic heterocycles. The number of aromatic nitrogens is 1. The van der Waals surface area contributed by atoms with Crippen LogP contribution in [0.25, 0.3) is 0 Å². The van der Waals surface area contributed by atoms with E-state index in [0.29, 0.717) is 31.0 Å². The predicted molar refractivity (Wildman–Crippen MR) is 118 cm³/mol. The van der Waals surface area contributed by atoms with Gasteiger partial charge in [0.2, 0.25) is 5.91 Å². The van der Waals surface area contributed by atoms with Crippen LogP contribution in [0.1, 0.15) is 66.8 Å². The molecule has 31 heavy (non-hydrogen) atoms. The fourth-order valence-corrected chi connectivity index (χ4v) is 4.16. The molecule has 2 fully saturated rings. The van der Waals surface area contributed by atoms with Crippen molar-refractivity contribution in [3.05, 3.63) is 23.5 Å². The maximum absolute atomic E-state index is 12.7. The van der Waals surface area contributed by atoms with Gasteiger partial charge in [-0.05, 0) is 65.1 Å². The van der Waals surface area contributed by atoms with E-state index in [9.17, 15) is 14.4 Å². The average molecular weight is 433 g/mol. The zero-order valence-corrected chi connectivity index (χ0v) is 18.8. The lowest BCUT2D eigenvalue weighted by Gasteiger charge is -2.30. The lowest BCUT2D eigenvalue weighted by molar-refractivity contribution is -0.126. The summed E-state index contributed by atoms with van der Waals surface area (Å²) in [5.74, 6) is 0.0875. The Morgan fingerprint density at radius 1 is 1.16 bits per heavy atom. The summed E-state index contributed by atoms with van der Waals surface area (Å²) < 4.78 is 5.48. The van der Waals surface area contributed by atoms with E-state index in [1.54, 1.807) is 12.3 Å². The predicted octanol–water partition coefficient (Wildman–Crippen LogP) is 2.08. The van der Waals surface area contributed by atoms with E-state index < -0.39 is 0 Å². The Hall–Kier alpha value is -2.19. The number of carbonyl (C=O) groups is 3. The largest absolute Gasteiger partial charge is 0.379 e. The highest BCUT2D eigenvalue weighted by Crippen LogP contribution is 2.18. The van der Waals surface area contributed by atoms with Crippen molar-refractivity contribution in [2.45, 2.75) is 52.1 Å². The number of carbonyl (C=O) groups excluding carboxylic acids is 3. The van der Waals surface area contributed by atoms with Gasteiger partial charge in [-0.15, -0.1) is 0 Å². The van der Waals surface area contributed by atoms with Crippen LogP contribution in [0.5, 0.6) is 0 Å². The maximum Gasteiger partial charge on any atom is 0.270 e. The van der Waals surface area contributed by atoms with E-state index in [0.717, 1.165) is 58.3 Å². The minimum atomic E-state index is -0.0286. The van der Waals surface area contributed by atoms with Crippen LogP contribution in [0.4, 0.5) is 0 Å². The first-order valence-electron chi connectivity index (χ1n) is 11.6. The van der Waals surface area contributed by atoms with Crippen LogP contribution in [-0.4, -0.2) is 84.4 Å². The van der Waals surface area contributed by atoms with Gasteiger partial charge in [-0.2, -0.15) is 0 Å². The van der Waals surface area contributed by atoms with Crippen molar-refractivity contribution in [1.82, 2.24) is 20.1 Å². The molecule has 8 nitrogen and oxygen atoms in total. The number of ketones is 1. The van der Waals surface area contributed by atoms with Gasteiger partial charge in [-0.3, -0.25) is 19.3 Å². The molecule has 0 aliphatic carbocycles. The summed E-state index contributed by atoms with van der Waals surface area (Å²) in [5.41, 5.74) is 1.03. The number of rotatable bonds is 10. The third-order valence-electron chi connectivity index (χ3n) is 6.03. The molecule has 8 heteroatoms. The first-order valence-corrected chi connectivity index (χ1v) is 11.6. The van der Waals surface area contributed by atoms with Crippen LogP contribution in [0.2, 0.25) is 0 Å². The highest BCUT2D eigenvalue weighted by Gasteiger charge is 2.27. The molecule has 2 aliphatic heterocycles. The second kappa shape index (κ2) is 11.4. The number of aromatic amines is 1. The third-order valence-corrected chi connectivity index (χ3v) is 6.03. The van der Waals surface area contributed by atoms with Gasteiger partial charge in [-0.25, -0.2) is 0 Å². The van der Waals surface area contributed by atoms with Gasteiger partial charge >= 0.3 is 0 Å². The first-order chi connectivity index (χ1) is 14.9. The zero-order valence-electron chi connectivity index (χ0n) is 18.8. The molecular weight excluding hydrogens is 396 g/mol. The molecule has 3 rings (SSSR count). The number of likely N-dealkylation sites (tertiary alicyclic amines) is 2. The number of amides is 2. The second-order valence-corrected chi connectivity index (χ2v) is 8.84. The molecule has 2 N–H and O–H groups in total. The Bertz CT molecular complexity index is 747. The third kappa shape index (κ3) is 6.90. The van der Waals surface area contributed by atoms with Crippen molar-refractivity contribution in [3.8, 4) is 0 Å². The molecule has 2 saturated heterocycles. The Morgan fingerprint density at radius 3 is 2.55 bits per heavy atom. The maximum atomic E-state index is 12.7. The standard InChI is InChI=1S/C23H36N4O4/c1-17(2)31-13-5-8-24-22(29)18-6-11-26(12-7-18)16-21(28)19-14-20(25-15-19)23(30)27-9-3-4-10-27/h14-15,17-18,25H,3-13,16H2,1-2H3,(H,24,29). The number of piperidine rings is 1. The monoisotopic (exact) mass is 432 g/mol. The first kappa shape index (κ1) is 23.5. The number of hydrogen-bond donors (Lipinski definition) is 2. The molecule has 0 aromatic carbocycles. The molecule has 172 valence electrons. The molecule has 2 aliphatic rings. The van der Waals surface area contributed by atoms with Crippen molar-refractivity contribution >= 4 is 17.6 Å². The van der Waals surface area contributed by atoms with Crippen molar-refractivity contribution in [3.63, 3.8) is 0 Å². The average Bonchev–Trinajstić information content (AvgIpc) is 3.45. The molecule has 0 radical (unpaired) electrons. The number of ether oxygens (including phenoxy) is 1. The molecular formula is C23H36N4O4. The topological polar surface area (TPSA) is 94.7 Å². The number of nitrogens with one attached hydrogen (secondary N) is 2. The summed E-state index contributed by atoms with van der Waals surface area (Å²) in [6.07, 6.45) is 6.26. The lowest BCUT2D eigenvalue weighted by Crippen LogP contribution is -2.42. The molecule has 0 atom stereocenters. The van der Waals surface area contributed by atoms with Gasteiger partial charge in [0.15, 0.2) is 5.78 Å². The zero-order chi connectivity index (χ0) is 22.2. The van der Waals surface area contributed by atoms with Gasteiger partial charge in [0, 0.05) is 43.9 Å². The Morgan fingerprint density at radius 2 is 1.87 bits per heavy atom. The molecule has 0 spiro atoms. The summed E-state index contributed by atoms with van der Waals surface area (Å²) in [7, 11) is 0. The summed E-state index contributed by atoms with van der Waals surface area (Å²) >= 11 is 0. The Labute approximate surface area is 184 Å². The van der Waals surface area contributed by atoms with Gasteiger partial charge in [0.1, 0.15) is 5.69 Å². The fourth-order valence-electron chi connectivity index (χ4n) is 4.16. The Kier molecular flexibility index (Phi) is 8.66. The van der Waals surface area contributed by atoms with E-state index in [2.05, 4.69) is 15.2 Å². The number of nitrogens with zero attached hydrogens (tertiary/aromatic N) is 2. The van der Waals surface area contributed by atoms with Crippen molar-refractivity contribution in [1.29, 1.82) is 0 Å². The van der Waals surface area contributed by atoms with Crippen molar-refractivity contribution < 1.29 is 19.1 Å². The molecule has 0 bridgehead atoms. The molecule has 3 heterocycles. The quantitative estimate of drug-likeness (QED) is 0.436. The Balaban J connectivity index is 1.37. The van der Waals surface area contributed by atoms with E-state index >= 15 is 0 Å². The van der Waals surface area contributed by atoms with Crippen LogP contribution < -0.4 is 5.32 Å². The SMILES string of the molecule is CC(C)OCCCNC(=O)C1CCN(CC(=O)c2c[nH]c(C(=O)N3CCCC3)c2)CC1. The second-order valence-electron chi connectivity index (χ2n) is 8.84. The summed E-state index contributed by atoms with van der Waals surface area (Å²) in [5, 5.41) is 3.00. The fraction of sp³-hybridized carbons (Fsp3) is 0.696. The number of hydrogen-bond acceptors (Lipinski definition) is 5. The van der Waals surface area contributed by atoms with Crippen LogP contribution in [0.3, 0.4) is 0 Å². The smallest absolute Gasteiger partial charge is 0.270 e. The molecule has 0 unspecified atom stereocenters. The minimum absolute atomic E-state index is 0.00442. The summed E-state index contributed by atoms with van der Waals surface area (Å²) in [6, 6.07) is 1.67. The molecule has 2 amide bonds. The number of Topliss-reactive ketones (excluding diaryl/α,β-unsaturated/α-hetero) is 1. The summed E-state index contributed by atoms with van der Waals surface area (Å²) in [6.45, 7) is 8.63. The van der Waals surface area contributed by atoms with E-state index in [1.165, 1.54) is 0 Å². The van der Waals surface area contributed by atoms with Crippen LogP contribution >= 0.6 is 0 Å². The normalized spacial score (nSPS) is 18.0. The lowest BCUT2D eigenvalue weighted by atomic mass is 9.95. The van der Waals surface area contributed by atoms with E-state index in [-0.39, 0.29) is 29.6 Å². The summed E-state index contributed by atoms with van der Waals surface area (Å²) in [4.78, 5) is 44.3. The minimum Gasteiger partial charge on any atom is -0.379 e. The van der Waals surface area contributed by atoms with Crippen molar-refractivity contribution in [2.75, 3.05) is 45.9 Å². The van der Waals surface area contributed by atoms with Crippen LogP contribution in [0, 0.1) is 5.92 Å².